The summed E-state index contributed by atoms with van der Waals surface area (Å²) in [4.78, 5) is 2.40. The summed E-state index contributed by atoms with van der Waals surface area (Å²) in [5.41, 5.74) is 8.39. The standard InChI is InChI=1S/C22H30ClFN2/c1-17(2)13-21(15-25)26(12-6-9-18-7-4-3-5-8-18)16-19-10-11-20(24)14-22(19)23/h3-5,7-8,10-11,14,17,21H,6,9,12-13,15-16,25H2,1-2H3. The van der Waals surface area contributed by atoms with Crippen LogP contribution in [0.4, 0.5) is 4.39 Å². The summed E-state index contributed by atoms with van der Waals surface area (Å²) in [6.45, 7) is 6.69. The Bertz CT molecular complexity index is 660. The molecule has 2 N–H and O–H groups in total. The number of nitrogens with two attached hydrogens (primary N) is 1. The highest BCUT2D eigenvalue weighted by Gasteiger charge is 2.19. The topological polar surface area (TPSA) is 29.3 Å². The number of hydrogen-bond acceptors (Lipinski definition) is 2. The molecular formula is C22H30ClFN2. The first-order valence-corrected chi connectivity index (χ1v) is 9.79. The molecule has 0 aliphatic carbocycles. The summed E-state index contributed by atoms with van der Waals surface area (Å²) in [6.07, 6.45) is 3.13. The maximum atomic E-state index is 13.4. The predicted octanol–water partition coefficient (Wildman–Crippen LogP) is 5.29. The van der Waals surface area contributed by atoms with E-state index in [0.29, 0.717) is 30.1 Å². The van der Waals surface area contributed by atoms with Gasteiger partial charge in [-0.25, -0.2) is 4.39 Å². The van der Waals surface area contributed by atoms with Crippen LogP contribution in [0.5, 0.6) is 0 Å². The first-order valence-electron chi connectivity index (χ1n) is 9.41. The van der Waals surface area contributed by atoms with E-state index in [4.69, 9.17) is 17.3 Å². The zero-order chi connectivity index (χ0) is 18.9. The molecule has 0 saturated carbocycles. The van der Waals surface area contributed by atoms with Gasteiger partial charge in [-0.15, -0.1) is 0 Å². The van der Waals surface area contributed by atoms with Crippen molar-refractivity contribution < 1.29 is 4.39 Å². The minimum Gasteiger partial charge on any atom is -0.329 e. The van der Waals surface area contributed by atoms with Crippen molar-refractivity contribution in [2.45, 2.75) is 45.7 Å². The number of aryl methyl sites for hydroxylation is 1. The van der Waals surface area contributed by atoms with Crippen molar-refractivity contribution in [3.8, 4) is 0 Å². The van der Waals surface area contributed by atoms with E-state index in [2.05, 4.69) is 43.0 Å². The van der Waals surface area contributed by atoms with E-state index in [9.17, 15) is 4.39 Å². The summed E-state index contributed by atoms with van der Waals surface area (Å²) >= 11 is 6.26. The smallest absolute Gasteiger partial charge is 0.124 e. The maximum absolute atomic E-state index is 13.4. The number of rotatable bonds is 10. The van der Waals surface area contributed by atoms with Gasteiger partial charge in [-0.3, -0.25) is 4.90 Å². The maximum Gasteiger partial charge on any atom is 0.124 e. The van der Waals surface area contributed by atoms with Gasteiger partial charge < -0.3 is 5.73 Å². The highest BCUT2D eigenvalue weighted by Crippen LogP contribution is 2.22. The lowest BCUT2D eigenvalue weighted by molar-refractivity contribution is 0.167. The molecular weight excluding hydrogens is 347 g/mol. The van der Waals surface area contributed by atoms with Crippen LogP contribution in [0.1, 0.15) is 37.8 Å². The monoisotopic (exact) mass is 376 g/mol. The molecule has 0 spiro atoms. The van der Waals surface area contributed by atoms with Gasteiger partial charge in [0.1, 0.15) is 5.82 Å². The first-order chi connectivity index (χ1) is 12.5. The molecule has 1 unspecified atom stereocenters. The molecule has 1 atom stereocenters. The molecule has 0 bridgehead atoms. The van der Waals surface area contributed by atoms with Crippen molar-refractivity contribution in [2.24, 2.45) is 11.7 Å². The zero-order valence-corrected chi connectivity index (χ0v) is 16.6. The van der Waals surface area contributed by atoms with Crippen molar-refractivity contribution in [2.75, 3.05) is 13.1 Å². The molecule has 26 heavy (non-hydrogen) atoms. The molecule has 0 heterocycles. The third-order valence-corrected chi connectivity index (χ3v) is 5.03. The van der Waals surface area contributed by atoms with Gasteiger partial charge in [0.15, 0.2) is 0 Å². The average molecular weight is 377 g/mol. The quantitative estimate of drug-likeness (QED) is 0.610. The van der Waals surface area contributed by atoms with Crippen LogP contribution in [-0.4, -0.2) is 24.0 Å². The lowest BCUT2D eigenvalue weighted by Gasteiger charge is -2.32. The summed E-state index contributed by atoms with van der Waals surface area (Å²) < 4.78 is 13.4. The lowest BCUT2D eigenvalue weighted by Crippen LogP contribution is -2.41. The number of benzene rings is 2. The molecule has 0 aliphatic heterocycles. The largest absolute Gasteiger partial charge is 0.329 e. The number of halogens is 2. The Balaban J connectivity index is 2.07. The van der Waals surface area contributed by atoms with E-state index in [1.807, 2.05) is 6.07 Å². The number of hydrogen-bond donors (Lipinski definition) is 1. The molecule has 0 radical (unpaired) electrons. The minimum atomic E-state index is -0.299. The molecule has 142 valence electrons. The van der Waals surface area contributed by atoms with Crippen LogP contribution in [0.15, 0.2) is 48.5 Å². The fourth-order valence-electron chi connectivity index (χ4n) is 3.33. The van der Waals surface area contributed by atoms with Crippen LogP contribution in [0.2, 0.25) is 5.02 Å². The molecule has 2 nitrogen and oxygen atoms in total. The molecule has 4 heteroatoms. The van der Waals surface area contributed by atoms with Gasteiger partial charge in [0.2, 0.25) is 0 Å². The molecule has 0 amide bonds. The van der Waals surface area contributed by atoms with Crippen LogP contribution >= 0.6 is 11.6 Å². The molecule has 2 aromatic rings. The highest BCUT2D eigenvalue weighted by atomic mass is 35.5. The van der Waals surface area contributed by atoms with E-state index in [1.54, 1.807) is 6.07 Å². The fraction of sp³-hybridized carbons (Fsp3) is 0.455. The normalized spacial score (nSPS) is 12.7. The van der Waals surface area contributed by atoms with Crippen LogP contribution in [0, 0.1) is 11.7 Å². The average Bonchev–Trinajstić information content (AvgIpc) is 2.61. The van der Waals surface area contributed by atoms with Crippen molar-refractivity contribution in [1.82, 2.24) is 4.90 Å². The third kappa shape index (κ3) is 6.71. The Morgan fingerprint density at radius 2 is 1.85 bits per heavy atom. The van der Waals surface area contributed by atoms with E-state index in [0.717, 1.165) is 31.4 Å². The summed E-state index contributed by atoms with van der Waals surface area (Å²) in [7, 11) is 0. The fourth-order valence-corrected chi connectivity index (χ4v) is 3.56. The van der Waals surface area contributed by atoms with Crippen LogP contribution in [-0.2, 0) is 13.0 Å². The Morgan fingerprint density at radius 3 is 2.46 bits per heavy atom. The van der Waals surface area contributed by atoms with Gasteiger partial charge in [-0.05, 0) is 55.0 Å². The SMILES string of the molecule is CC(C)CC(CN)N(CCCc1ccccc1)Cc1ccc(F)cc1Cl. The van der Waals surface area contributed by atoms with Crippen molar-refractivity contribution >= 4 is 11.6 Å². The third-order valence-electron chi connectivity index (χ3n) is 4.67. The van der Waals surface area contributed by atoms with Crippen molar-refractivity contribution in [1.29, 1.82) is 0 Å². The second kappa shape index (κ2) is 10.7. The van der Waals surface area contributed by atoms with Crippen molar-refractivity contribution in [3.63, 3.8) is 0 Å². The van der Waals surface area contributed by atoms with Crippen molar-refractivity contribution in [3.05, 3.63) is 70.5 Å². The summed E-state index contributed by atoms with van der Waals surface area (Å²) in [6, 6.07) is 15.5. The van der Waals surface area contributed by atoms with Gasteiger partial charge in [-0.2, -0.15) is 0 Å². The van der Waals surface area contributed by atoms with Gasteiger partial charge in [0.25, 0.3) is 0 Å². The molecule has 0 saturated heterocycles. The predicted molar refractivity (Wildman–Crippen MR) is 109 cm³/mol. The van der Waals surface area contributed by atoms with Gasteiger partial charge in [0, 0.05) is 24.2 Å². The van der Waals surface area contributed by atoms with Crippen LogP contribution in [0.3, 0.4) is 0 Å². The second-order valence-electron chi connectivity index (χ2n) is 7.31. The lowest BCUT2D eigenvalue weighted by atomic mass is 10.0. The Labute approximate surface area is 162 Å². The number of nitrogens with zero attached hydrogens (tertiary/aromatic N) is 1. The van der Waals surface area contributed by atoms with Gasteiger partial charge in [-0.1, -0.05) is 61.8 Å². The van der Waals surface area contributed by atoms with Gasteiger partial charge >= 0.3 is 0 Å². The van der Waals surface area contributed by atoms with E-state index in [-0.39, 0.29) is 5.82 Å². The Kier molecular flexibility index (Phi) is 8.56. The van der Waals surface area contributed by atoms with Gasteiger partial charge in [0.05, 0.1) is 0 Å². The van der Waals surface area contributed by atoms with Crippen LogP contribution < -0.4 is 5.73 Å². The summed E-state index contributed by atoms with van der Waals surface area (Å²) in [5, 5.41) is 0.485. The second-order valence-corrected chi connectivity index (χ2v) is 7.72. The Hall–Kier alpha value is -1.42. The van der Waals surface area contributed by atoms with E-state index < -0.39 is 0 Å². The molecule has 0 fully saturated rings. The molecule has 0 aromatic heterocycles. The first kappa shape index (κ1) is 20.9. The van der Waals surface area contributed by atoms with E-state index >= 15 is 0 Å². The highest BCUT2D eigenvalue weighted by molar-refractivity contribution is 6.31. The Morgan fingerprint density at radius 1 is 1.12 bits per heavy atom. The molecule has 2 rings (SSSR count). The molecule has 2 aromatic carbocycles. The minimum absolute atomic E-state index is 0.298. The molecule has 0 aliphatic rings. The summed E-state index contributed by atoms with van der Waals surface area (Å²) in [5.74, 6) is 0.274. The van der Waals surface area contributed by atoms with E-state index in [1.165, 1.54) is 17.7 Å². The van der Waals surface area contributed by atoms with Crippen LogP contribution in [0.25, 0.3) is 0 Å². The zero-order valence-electron chi connectivity index (χ0n) is 15.8.